The third-order valence-corrected chi connectivity index (χ3v) is 2.22. The lowest BCUT2D eigenvalue weighted by Gasteiger charge is -2.20. The van der Waals surface area contributed by atoms with Crippen molar-refractivity contribution in [3.05, 3.63) is 12.2 Å². The van der Waals surface area contributed by atoms with E-state index in [9.17, 15) is 0 Å². The summed E-state index contributed by atoms with van der Waals surface area (Å²) in [7, 11) is 0. The molecule has 0 spiro atoms. The molecule has 0 fully saturated rings. The highest BCUT2D eigenvalue weighted by Gasteiger charge is 2.09. The number of rotatable bonds is 2. The molecule has 0 aromatic carbocycles. The molecular weight excluding hydrogens is 180 g/mol. The van der Waals surface area contributed by atoms with E-state index in [1.54, 1.807) is 0 Å². The fourth-order valence-corrected chi connectivity index (χ4v) is 1.53. The molecule has 0 saturated carbocycles. The molecule has 0 saturated heterocycles. The Hall–Kier alpha value is -1.01. The van der Waals surface area contributed by atoms with Crippen LogP contribution in [0.25, 0.3) is 0 Å². The molecule has 2 N–H and O–H groups in total. The first-order valence-electron chi connectivity index (χ1n) is 4.45. The third kappa shape index (κ3) is 3.95. The summed E-state index contributed by atoms with van der Waals surface area (Å²) < 4.78 is 0. The second kappa shape index (κ2) is 5.60. The van der Waals surface area contributed by atoms with Crippen molar-refractivity contribution in [2.24, 2.45) is 0 Å². The van der Waals surface area contributed by atoms with Gasteiger partial charge in [0.1, 0.15) is 0 Å². The predicted molar refractivity (Wildman–Crippen MR) is 59.3 cm³/mol. The minimum atomic E-state index is 0.475. The molecule has 0 bridgehead atoms. The highest BCUT2D eigenvalue weighted by molar-refractivity contribution is 7.80. The van der Waals surface area contributed by atoms with Crippen molar-refractivity contribution in [3.63, 3.8) is 0 Å². The monoisotopic (exact) mass is 194 g/mol. The van der Waals surface area contributed by atoms with E-state index in [4.69, 9.17) is 18.6 Å². The quantitative estimate of drug-likeness (QED) is 0.392. The smallest absolute Gasteiger partial charge is 0.167 e. The normalized spacial score (nSPS) is 20.4. The van der Waals surface area contributed by atoms with E-state index in [1.165, 1.54) is 0 Å². The van der Waals surface area contributed by atoms with E-state index in [0.29, 0.717) is 17.7 Å². The Morgan fingerprint density at radius 2 is 2.46 bits per heavy atom. The molecule has 1 aliphatic rings. The minimum Gasteiger partial charge on any atom is -0.360 e. The Balaban J connectivity index is 2.20. The molecule has 1 rings (SSSR count). The number of nitrogens with one attached hydrogen (secondary N) is 2. The van der Waals surface area contributed by atoms with E-state index >= 15 is 0 Å². The lowest BCUT2D eigenvalue weighted by Crippen LogP contribution is -2.42. The van der Waals surface area contributed by atoms with Crippen molar-refractivity contribution in [1.82, 2.24) is 10.6 Å². The molecule has 0 aromatic rings. The fourth-order valence-electron chi connectivity index (χ4n) is 1.29. The van der Waals surface area contributed by atoms with Crippen molar-refractivity contribution >= 4 is 17.3 Å². The molecule has 1 aliphatic carbocycles. The highest BCUT2D eigenvalue weighted by atomic mass is 32.1. The van der Waals surface area contributed by atoms with Crippen molar-refractivity contribution in [2.45, 2.75) is 25.3 Å². The summed E-state index contributed by atoms with van der Waals surface area (Å²) in [5, 5.41) is 6.83. The molecule has 3 heteroatoms. The summed E-state index contributed by atoms with van der Waals surface area (Å²) in [6.07, 6.45) is 12.8. The van der Waals surface area contributed by atoms with Crippen molar-refractivity contribution in [3.8, 4) is 12.3 Å². The van der Waals surface area contributed by atoms with Gasteiger partial charge in [-0.05, 0) is 31.5 Å². The molecule has 0 heterocycles. The van der Waals surface area contributed by atoms with Gasteiger partial charge in [-0.1, -0.05) is 18.1 Å². The maximum Gasteiger partial charge on any atom is 0.167 e. The number of allylic oxidation sites excluding steroid dienone is 1. The van der Waals surface area contributed by atoms with Crippen LogP contribution < -0.4 is 10.6 Å². The summed E-state index contributed by atoms with van der Waals surface area (Å²) >= 11 is 5.06. The van der Waals surface area contributed by atoms with Gasteiger partial charge < -0.3 is 10.6 Å². The van der Waals surface area contributed by atoms with Gasteiger partial charge in [0.2, 0.25) is 0 Å². The van der Waals surface area contributed by atoms with E-state index in [2.05, 4.69) is 28.7 Å². The van der Waals surface area contributed by atoms with Gasteiger partial charge >= 0.3 is 0 Å². The van der Waals surface area contributed by atoms with E-state index in [-0.39, 0.29) is 0 Å². The van der Waals surface area contributed by atoms with Crippen LogP contribution in [0.15, 0.2) is 12.2 Å². The van der Waals surface area contributed by atoms with Crippen LogP contribution in [0.2, 0.25) is 0 Å². The van der Waals surface area contributed by atoms with Gasteiger partial charge in [0, 0.05) is 6.04 Å². The van der Waals surface area contributed by atoms with Gasteiger partial charge in [-0.3, -0.25) is 0 Å². The topological polar surface area (TPSA) is 24.1 Å². The van der Waals surface area contributed by atoms with Crippen molar-refractivity contribution in [2.75, 3.05) is 6.54 Å². The Labute approximate surface area is 84.8 Å². The molecule has 2 nitrogen and oxygen atoms in total. The second-order valence-electron chi connectivity index (χ2n) is 3.01. The SMILES string of the molecule is C#CCNC(=S)NC1CC=CCC1. The lowest BCUT2D eigenvalue weighted by molar-refractivity contribution is 0.550. The number of hydrogen-bond acceptors (Lipinski definition) is 1. The molecule has 13 heavy (non-hydrogen) atoms. The number of terminal acetylenes is 1. The van der Waals surface area contributed by atoms with Crippen LogP contribution in [0, 0.1) is 12.3 Å². The predicted octanol–water partition coefficient (Wildman–Crippen LogP) is 1.19. The maximum atomic E-state index is 5.10. The van der Waals surface area contributed by atoms with Crippen LogP contribution in [0.1, 0.15) is 19.3 Å². The summed E-state index contributed by atoms with van der Waals surface area (Å²) in [4.78, 5) is 0. The summed E-state index contributed by atoms with van der Waals surface area (Å²) in [6.45, 7) is 0.494. The largest absolute Gasteiger partial charge is 0.360 e. The maximum absolute atomic E-state index is 5.10. The highest BCUT2D eigenvalue weighted by Crippen LogP contribution is 2.09. The van der Waals surface area contributed by atoms with Crippen molar-refractivity contribution < 1.29 is 0 Å². The third-order valence-electron chi connectivity index (χ3n) is 1.96. The van der Waals surface area contributed by atoms with E-state index in [0.717, 1.165) is 19.3 Å². The van der Waals surface area contributed by atoms with Gasteiger partial charge in [-0.15, -0.1) is 6.42 Å². The van der Waals surface area contributed by atoms with Crippen LogP contribution in [0.3, 0.4) is 0 Å². The molecular formula is C10H14N2S. The zero-order valence-corrected chi connectivity index (χ0v) is 8.36. The fraction of sp³-hybridized carbons (Fsp3) is 0.500. The van der Waals surface area contributed by atoms with Gasteiger partial charge in [0.15, 0.2) is 5.11 Å². The van der Waals surface area contributed by atoms with Gasteiger partial charge in [0.05, 0.1) is 6.54 Å². The van der Waals surface area contributed by atoms with E-state index in [1.807, 2.05) is 0 Å². The number of hydrogen-bond donors (Lipinski definition) is 2. The van der Waals surface area contributed by atoms with Gasteiger partial charge in [0.25, 0.3) is 0 Å². The molecule has 0 aliphatic heterocycles. The van der Waals surface area contributed by atoms with Crippen molar-refractivity contribution in [1.29, 1.82) is 0 Å². The van der Waals surface area contributed by atoms with Crippen LogP contribution in [0.5, 0.6) is 0 Å². The van der Waals surface area contributed by atoms with Crippen LogP contribution >= 0.6 is 12.2 Å². The summed E-state index contributed by atoms with van der Waals surface area (Å²) in [5.41, 5.74) is 0. The first kappa shape index (κ1) is 10.1. The lowest BCUT2D eigenvalue weighted by atomic mass is 10.0. The average Bonchev–Trinajstić information content (AvgIpc) is 2.16. The van der Waals surface area contributed by atoms with Crippen LogP contribution in [-0.4, -0.2) is 17.7 Å². The zero-order chi connectivity index (χ0) is 9.52. The van der Waals surface area contributed by atoms with E-state index < -0.39 is 0 Å². The molecule has 0 radical (unpaired) electrons. The standard InChI is InChI=1S/C10H14N2S/c1-2-8-11-10(13)12-9-6-4-3-5-7-9/h1,3-4,9H,5-8H2,(H2,11,12,13). The molecule has 0 aromatic heterocycles. The molecule has 0 amide bonds. The molecule has 1 atom stereocenters. The first-order valence-corrected chi connectivity index (χ1v) is 4.86. The Morgan fingerprint density at radius 1 is 1.62 bits per heavy atom. The van der Waals surface area contributed by atoms with Gasteiger partial charge in [-0.25, -0.2) is 0 Å². The summed E-state index contributed by atoms with van der Waals surface area (Å²) in [5.74, 6) is 2.48. The Bertz CT molecular complexity index is 240. The minimum absolute atomic E-state index is 0.475. The average molecular weight is 194 g/mol. The second-order valence-corrected chi connectivity index (χ2v) is 3.42. The van der Waals surface area contributed by atoms with Crippen LogP contribution in [0.4, 0.5) is 0 Å². The number of thiocarbonyl (C=S) groups is 1. The summed E-state index contributed by atoms with van der Waals surface area (Å²) in [6, 6.07) is 0.475. The molecule has 1 unspecified atom stereocenters. The van der Waals surface area contributed by atoms with Gasteiger partial charge in [-0.2, -0.15) is 0 Å². The zero-order valence-electron chi connectivity index (χ0n) is 7.55. The Morgan fingerprint density at radius 3 is 3.08 bits per heavy atom. The Kier molecular flexibility index (Phi) is 4.34. The van der Waals surface area contributed by atoms with Crippen LogP contribution in [-0.2, 0) is 0 Å². The first-order chi connectivity index (χ1) is 6.33. The molecule has 70 valence electrons.